The summed E-state index contributed by atoms with van der Waals surface area (Å²) in [6.45, 7) is 3.22. The number of hydrogen-bond acceptors (Lipinski definition) is 1. The lowest BCUT2D eigenvalue weighted by Gasteiger charge is -2.13. The van der Waals surface area contributed by atoms with Gasteiger partial charge in [-0.3, -0.25) is 0 Å². The first-order valence-corrected chi connectivity index (χ1v) is 6.29. The van der Waals surface area contributed by atoms with Crippen molar-refractivity contribution in [1.82, 2.24) is 9.55 Å². The van der Waals surface area contributed by atoms with Crippen LogP contribution < -0.4 is 0 Å². The Morgan fingerprint density at radius 3 is 2.56 bits per heavy atom. The maximum absolute atomic E-state index is 4.43. The second kappa shape index (κ2) is 4.65. The lowest BCUT2D eigenvalue weighted by Crippen LogP contribution is -2.05. The Kier molecular flexibility index (Phi) is 2.85. The fourth-order valence-electron chi connectivity index (χ4n) is 2.34. The van der Waals surface area contributed by atoms with Gasteiger partial charge in [0.2, 0.25) is 0 Å². The number of nitrogens with zero attached hydrogens (tertiary/aromatic N) is 2. The Hall–Kier alpha value is -2.09. The highest BCUT2D eigenvalue weighted by Crippen LogP contribution is 2.20. The standard InChI is InChI=1S/C16H16N2/c1-13(14-7-3-2-4-8-14)11-18-12-17-15-9-5-6-10-16(15)18/h2-10,12-13H,11H2,1H3. The van der Waals surface area contributed by atoms with Gasteiger partial charge in [-0.2, -0.15) is 0 Å². The minimum atomic E-state index is 0.490. The molecule has 1 heterocycles. The van der Waals surface area contributed by atoms with Gasteiger partial charge in [-0.05, 0) is 23.6 Å². The smallest absolute Gasteiger partial charge is 0.0958 e. The van der Waals surface area contributed by atoms with Crippen LogP contribution in [-0.4, -0.2) is 9.55 Å². The maximum atomic E-state index is 4.43. The molecule has 3 aromatic rings. The number of para-hydroxylation sites is 2. The van der Waals surface area contributed by atoms with Gasteiger partial charge in [-0.25, -0.2) is 4.98 Å². The van der Waals surface area contributed by atoms with Crippen molar-refractivity contribution in [3.63, 3.8) is 0 Å². The third-order valence-corrected chi connectivity index (χ3v) is 3.37. The van der Waals surface area contributed by atoms with Gasteiger partial charge in [0.15, 0.2) is 0 Å². The van der Waals surface area contributed by atoms with Crippen molar-refractivity contribution in [2.24, 2.45) is 0 Å². The maximum Gasteiger partial charge on any atom is 0.0958 e. The molecule has 0 spiro atoms. The van der Waals surface area contributed by atoms with Crippen LogP contribution in [0.3, 0.4) is 0 Å². The predicted molar refractivity (Wildman–Crippen MR) is 74.6 cm³/mol. The van der Waals surface area contributed by atoms with E-state index in [1.54, 1.807) is 0 Å². The van der Waals surface area contributed by atoms with E-state index in [1.165, 1.54) is 11.1 Å². The molecule has 0 N–H and O–H groups in total. The van der Waals surface area contributed by atoms with Crippen LogP contribution in [0.15, 0.2) is 60.9 Å². The van der Waals surface area contributed by atoms with E-state index in [4.69, 9.17) is 0 Å². The van der Waals surface area contributed by atoms with Gasteiger partial charge in [0, 0.05) is 6.54 Å². The molecule has 18 heavy (non-hydrogen) atoms. The summed E-state index contributed by atoms with van der Waals surface area (Å²) in [6.07, 6.45) is 1.93. The first-order valence-electron chi connectivity index (χ1n) is 6.29. The van der Waals surface area contributed by atoms with Crippen molar-refractivity contribution < 1.29 is 0 Å². The highest BCUT2D eigenvalue weighted by Gasteiger charge is 2.08. The molecule has 90 valence electrons. The van der Waals surface area contributed by atoms with Crippen LogP contribution in [0.1, 0.15) is 18.4 Å². The zero-order valence-corrected chi connectivity index (χ0v) is 10.5. The first kappa shape index (κ1) is 11.0. The Morgan fingerprint density at radius 1 is 1.00 bits per heavy atom. The lowest BCUT2D eigenvalue weighted by atomic mass is 10.0. The van der Waals surface area contributed by atoms with Gasteiger partial charge in [-0.15, -0.1) is 0 Å². The summed E-state index contributed by atoms with van der Waals surface area (Å²) in [7, 11) is 0. The van der Waals surface area contributed by atoms with Crippen molar-refractivity contribution >= 4 is 11.0 Å². The molecular weight excluding hydrogens is 220 g/mol. The SMILES string of the molecule is CC(Cn1cnc2ccccc21)c1ccccc1. The molecule has 0 saturated carbocycles. The molecule has 0 amide bonds. The monoisotopic (exact) mass is 236 g/mol. The molecule has 2 nitrogen and oxygen atoms in total. The Balaban J connectivity index is 1.89. The van der Waals surface area contributed by atoms with E-state index in [0.717, 1.165) is 12.1 Å². The van der Waals surface area contributed by atoms with E-state index in [-0.39, 0.29) is 0 Å². The van der Waals surface area contributed by atoms with Gasteiger partial charge in [-0.1, -0.05) is 49.4 Å². The van der Waals surface area contributed by atoms with Crippen LogP contribution in [0.25, 0.3) is 11.0 Å². The zero-order valence-electron chi connectivity index (χ0n) is 10.5. The quantitative estimate of drug-likeness (QED) is 0.675. The molecule has 2 heteroatoms. The molecule has 0 aliphatic heterocycles. The molecule has 1 aromatic heterocycles. The topological polar surface area (TPSA) is 17.8 Å². The van der Waals surface area contributed by atoms with Crippen LogP contribution in [0, 0.1) is 0 Å². The Morgan fingerprint density at radius 2 is 1.72 bits per heavy atom. The van der Waals surface area contributed by atoms with Gasteiger partial charge >= 0.3 is 0 Å². The largest absolute Gasteiger partial charge is 0.330 e. The van der Waals surface area contributed by atoms with Crippen LogP contribution in [-0.2, 0) is 6.54 Å². The van der Waals surface area contributed by atoms with E-state index in [9.17, 15) is 0 Å². The average Bonchev–Trinajstić information content (AvgIpc) is 2.83. The third kappa shape index (κ3) is 2.02. The minimum Gasteiger partial charge on any atom is -0.330 e. The molecule has 0 aliphatic rings. The molecular formula is C16H16N2. The van der Waals surface area contributed by atoms with Crippen molar-refractivity contribution in [3.8, 4) is 0 Å². The third-order valence-electron chi connectivity index (χ3n) is 3.37. The van der Waals surface area contributed by atoms with Crippen molar-refractivity contribution in [1.29, 1.82) is 0 Å². The summed E-state index contributed by atoms with van der Waals surface area (Å²) in [5.74, 6) is 0.490. The molecule has 0 fully saturated rings. The molecule has 3 rings (SSSR count). The summed E-state index contributed by atoms with van der Waals surface area (Å²) in [5, 5.41) is 0. The van der Waals surface area contributed by atoms with Gasteiger partial charge < -0.3 is 4.57 Å². The summed E-state index contributed by atoms with van der Waals surface area (Å²) >= 11 is 0. The lowest BCUT2D eigenvalue weighted by molar-refractivity contribution is 0.610. The van der Waals surface area contributed by atoms with Crippen LogP contribution in [0.5, 0.6) is 0 Å². The fourth-order valence-corrected chi connectivity index (χ4v) is 2.34. The normalized spacial score (nSPS) is 12.7. The molecule has 2 aromatic carbocycles. The van der Waals surface area contributed by atoms with E-state index < -0.39 is 0 Å². The number of fused-ring (bicyclic) bond motifs is 1. The number of imidazole rings is 1. The molecule has 0 bridgehead atoms. The molecule has 1 unspecified atom stereocenters. The molecule has 0 radical (unpaired) electrons. The van der Waals surface area contributed by atoms with Gasteiger partial charge in [0.05, 0.1) is 17.4 Å². The average molecular weight is 236 g/mol. The number of hydrogen-bond donors (Lipinski definition) is 0. The van der Waals surface area contributed by atoms with Crippen molar-refractivity contribution in [2.45, 2.75) is 19.4 Å². The van der Waals surface area contributed by atoms with Gasteiger partial charge in [0.1, 0.15) is 0 Å². The zero-order chi connectivity index (χ0) is 12.4. The Labute approximate surface area is 107 Å². The predicted octanol–water partition coefficient (Wildman–Crippen LogP) is 3.84. The number of benzene rings is 2. The second-order valence-electron chi connectivity index (χ2n) is 4.70. The summed E-state index contributed by atoms with van der Waals surface area (Å²) in [5.41, 5.74) is 3.65. The van der Waals surface area contributed by atoms with Crippen LogP contribution in [0.4, 0.5) is 0 Å². The fraction of sp³-hybridized carbons (Fsp3) is 0.188. The summed E-state index contributed by atoms with van der Waals surface area (Å²) in [6, 6.07) is 18.9. The summed E-state index contributed by atoms with van der Waals surface area (Å²) < 4.78 is 2.23. The van der Waals surface area contributed by atoms with Crippen molar-refractivity contribution in [2.75, 3.05) is 0 Å². The highest BCUT2D eigenvalue weighted by molar-refractivity contribution is 5.74. The molecule has 1 atom stereocenters. The number of aromatic nitrogens is 2. The van der Waals surface area contributed by atoms with E-state index >= 15 is 0 Å². The van der Waals surface area contributed by atoms with Crippen LogP contribution >= 0.6 is 0 Å². The highest BCUT2D eigenvalue weighted by atomic mass is 15.0. The van der Waals surface area contributed by atoms with Gasteiger partial charge in [0.25, 0.3) is 0 Å². The first-order chi connectivity index (χ1) is 8.84. The van der Waals surface area contributed by atoms with Crippen molar-refractivity contribution in [3.05, 3.63) is 66.5 Å². The minimum absolute atomic E-state index is 0.490. The molecule has 0 aliphatic carbocycles. The molecule has 0 saturated heterocycles. The summed E-state index contributed by atoms with van der Waals surface area (Å²) in [4.78, 5) is 4.43. The Bertz CT molecular complexity index is 640. The van der Waals surface area contributed by atoms with E-state index in [2.05, 4.69) is 65.0 Å². The number of rotatable bonds is 3. The second-order valence-corrected chi connectivity index (χ2v) is 4.70. The van der Waals surface area contributed by atoms with E-state index in [1.807, 2.05) is 12.4 Å². The van der Waals surface area contributed by atoms with E-state index in [0.29, 0.717) is 5.92 Å². The van der Waals surface area contributed by atoms with Crippen LogP contribution in [0.2, 0.25) is 0 Å².